The molecule has 0 aliphatic heterocycles. The summed E-state index contributed by atoms with van der Waals surface area (Å²) in [4.78, 5) is 24.5. The second-order valence-corrected chi connectivity index (χ2v) is 6.85. The number of hydrogen-bond acceptors (Lipinski definition) is 3. The lowest BCUT2D eigenvalue weighted by Crippen LogP contribution is -2.29. The van der Waals surface area contributed by atoms with E-state index in [2.05, 4.69) is 24.3 Å². The Balaban J connectivity index is 1.77. The molecule has 5 heteroatoms. The first-order valence-corrected chi connectivity index (χ1v) is 8.98. The van der Waals surface area contributed by atoms with Gasteiger partial charge in [-0.25, -0.2) is 4.68 Å². The van der Waals surface area contributed by atoms with Gasteiger partial charge in [0, 0.05) is 17.3 Å². The lowest BCUT2D eigenvalue weighted by molar-refractivity contribution is -0.117. The quantitative estimate of drug-likeness (QED) is 0.747. The van der Waals surface area contributed by atoms with Gasteiger partial charge in [0.1, 0.15) is 6.54 Å². The van der Waals surface area contributed by atoms with Crippen molar-refractivity contribution in [3.05, 3.63) is 82.1 Å². The Morgan fingerprint density at radius 2 is 1.74 bits per heavy atom. The summed E-state index contributed by atoms with van der Waals surface area (Å²) in [5.41, 5.74) is 4.27. The summed E-state index contributed by atoms with van der Waals surface area (Å²) in [5.74, 6) is 0.144. The van der Waals surface area contributed by atoms with Crippen LogP contribution in [0.25, 0.3) is 11.3 Å². The highest BCUT2D eigenvalue weighted by atomic mass is 16.2. The zero-order valence-corrected chi connectivity index (χ0v) is 15.8. The second-order valence-electron chi connectivity index (χ2n) is 6.85. The van der Waals surface area contributed by atoms with Crippen molar-refractivity contribution in [1.82, 2.24) is 9.78 Å². The molecule has 1 heterocycles. The first kappa shape index (κ1) is 18.6. The molecular formula is C22H23N3O2. The van der Waals surface area contributed by atoms with E-state index < -0.39 is 0 Å². The van der Waals surface area contributed by atoms with Crippen LogP contribution in [0.15, 0.2) is 65.5 Å². The second kappa shape index (κ2) is 7.99. The fourth-order valence-corrected chi connectivity index (χ4v) is 2.85. The van der Waals surface area contributed by atoms with Crippen molar-refractivity contribution in [3.63, 3.8) is 0 Å². The lowest BCUT2D eigenvalue weighted by atomic mass is 10.0. The molecule has 5 nitrogen and oxygen atoms in total. The molecular weight excluding hydrogens is 338 g/mol. The van der Waals surface area contributed by atoms with Crippen molar-refractivity contribution in [2.75, 3.05) is 5.32 Å². The van der Waals surface area contributed by atoms with E-state index in [1.807, 2.05) is 55.5 Å². The van der Waals surface area contributed by atoms with E-state index in [4.69, 9.17) is 0 Å². The van der Waals surface area contributed by atoms with Gasteiger partial charge in [-0.15, -0.1) is 0 Å². The van der Waals surface area contributed by atoms with Crippen LogP contribution < -0.4 is 10.9 Å². The van der Waals surface area contributed by atoms with Gasteiger partial charge in [-0.2, -0.15) is 5.10 Å². The SMILES string of the molecule is Cc1ccccc1-c1ccc(=O)n(CC(=O)Nc2ccc(C(C)C)cc2)n1. The Morgan fingerprint density at radius 3 is 2.41 bits per heavy atom. The largest absolute Gasteiger partial charge is 0.324 e. The topological polar surface area (TPSA) is 64.0 Å². The van der Waals surface area contributed by atoms with E-state index in [9.17, 15) is 9.59 Å². The molecule has 0 radical (unpaired) electrons. The highest BCUT2D eigenvalue weighted by Crippen LogP contribution is 2.20. The standard InChI is InChI=1S/C22H23N3O2/c1-15(2)17-8-10-18(11-9-17)23-21(26)14-25-22(27)13-12-20(24-25)19-7-5-4-6-16(19)3/h4-13,15H,14H2,1-3H3,(H,23,26). The molecule has 0 saturated carbocycles. The van der Waals surface area contributed by atoms with Crippen molar-refractivity contribution in [2.24, 2.45) is 0 Å². The Kier molecular flexibility index (Phi) is 5.50. The summed E-state index contributed by atoms with van der Waals surface area (Å²) >= 11 is 0. The van der Waals surface area contributed by atoms with Gasteiger partial charge in [0.25, 0.3) is 5.56 Å². The van der Waals surface area contributed by atoms with Gasteiger partial charge in [0.15, 0.2) is 0 Å². The van der Waals surface area contributed by atoms with Gasteiger partial charge in [-0.05, 0) is 42.2 Å². The third-order valence-corrected chi connectivity index (χ3v) is 4.44. The van der Waals surface area contributed by atoms with Gasteiger partial charge in [-0.3, -0.25) is 9.59 Å². The number of nitrogens with one attached hydrogen (secondary N) is 1. The smallest absolute Gasteiger partial charge is 0.267 e. The van der Waals surface area contributed by atoms with Crippen molar-refractivity contribution < 1.29 is 4.79 Å². The number of benzene rings is 2. The molecule has 138 valence electrons. The molecule has 0 spiro atoms. The molecule has 0 saturated heterocycles. The third kappa shape index (κ3) is 4.50. The van der Waals surface area contributed by atoms with Crippen LogP contribution in [-0.4, -0.2) is 15.7 Å². The molecule has 1 amide bonds. The van der Waals surface area contributed by atoms with E-state index in [0.29, 0.717) is 17.3 Å². The van der Waals surface area contributed by atoms with E-state index in [1.165, 1.54) is 16.3 Å². The molecule has 1 N–H and O–H groups in total. The molecule has 3 rings (SSSR count). The highest BCUT2D eigenvalue weighted by molar-refractivity contribution is 5.90. The van der Waals surface area contributed by atoms with Crippen LogP contribution in [0.1, 0.15) is 30.9 Å². The molecule has 0 aliphatic rings. The number of anilines is 1. The number of aryl methyl sites for hydroxylation is 1. The Hall–Kier alpha value is -3.21. The molecule has 27 heavy (non-hydrogen) atoms. The third-order valence-electron chi connectivity index (χ3n) is 4.44. The first-order chi connectivity index (χ1) is 12.9. The maximum absolute atomic E-state index is 12.4. The van der Waals surface area contributed by atoms with E-state index in [0.717, 1.165) is 11.1 Å². The summed E-state index contributed by atoms with van der Waals surface area (Å²) in [6.45, 7) is 6.09. The molecule has 0 fully saturated rings. The molecule has 0 bridgehead atoms. The Bertz CT molecular complexity index is 1000. The Labute approximate surface area is 158 Å². The van der Waals surface area contributed by atoms with Crippen LogP contribution in [0.5, 0.6) is 0 Å². The minimum atomic E-state index is -0.308. The average molecular weight is 361 g/mol. The van der Waals surface area contributed by atoms with Crippen LogP contribution >= 0.6 is 0 Å². The van der Waals surface area contributed by atoms with Gasteiger partial charge in [0.05, 0.1) is 5.69 Å². The van der Waals surface area contributed by atoms with E-state index in [1.54, 1.807) is 6.07 Å². The number of amides is 1. The predicted octanol–water partition coefficient (Wildman–Crippen LogP) is 3.98. The molecule has 1 aromatic heterocycles. The minimum Gasteiger partial charge on any atom is -0.324 e. The zero-order chi connectivity index (χ0) is 19.4. The first-order valence-electron chi connectivity index (χ1n) is 8.98. The summed E-state index contributed by atoms with van der Waals surface area (Å²) in [6, 6.07) is 18.7. The van der Waals surface area contributed by atoms with Crippen LogP contribution in [0.4, 0.5) is 5.69 Å². The van der Waals surface area contributed by atoms with Crippen LogP contribution in [0, 0.1) is 6.92 Å². The fourth-order valence-electron chi connectivity index (χ4n) is 2.85. The summed E-state index contributed by atoms with van der Waals surface area (Å²) in [5, 5.41) is 7.18. The van der Waals surface area contributed by atoms with Gasteiger partial charge in [-0.1, -0.05) is 50.2 Å². The van der Waals surface area contributed by atoms with Gasteiger partial charge < -0.3 is 5.32 Å². The Morgan fingerprint density at radius 1 is 1.04 bits per heavy atom. The number of nitrogens with zero attached hydrogens (tertiary/aromatic N) is 2. The summed E-state index contributed by atoms with van der Waals surface area (Å²) in [6.07, 6.45) is 0. The highest BCUT2D eigenvalue weighted by Gasteiger charge is 2.10. The zero-order valence-electron chi connectivity index (χ0n) is 15.8. The minimum absolute atomic E-state index is 0.134. The van der Waals surface area contributed by atoms with Crippen molar-refractivity contribution in [2.45, 2.75) is 33.2 Å². The van der Waals surface area contributed by atoms with Crippen LogP contribution in [0.2, 0.25) is 0 Å². The summed E-state index contributed by atoms with van der Waals surface area (Å²) in [7, 11) is 0. The maximum atomic E-state index is 12.4. The maximum Gasteiger partial charge on any atom is 0.267 e. The molecule has 2 aromatic carbocycles. The molecule has 0 atom stereocenters. The number of carbonyl (C=O) groups is 1. The number of carbonyl (C=O) groups excluding carboxylic acids is 1. The van der Waals surface area contributed by atoms with Crippen molar-refractivity contribution >= 4 is 11.6 Å². The number of aromatic nitrogens is 2. The van der Waals surface area contributed by atoms with Gasteiger partial charge in [0.2, 0.25) is 5.91 Å². The molecule has 0 unspecified atom stereocenters. The number of hydrogen-bond donors (Lipinski definition) is 1. The lowest BCUT2D eigenvalue weighted by Gasteiger charge is -2.10. The van der Waals surface area contributed by atoms with Crippen molar-refractivity contribution in [1.29, 1.82) is 0 Å². The van der Waals surface area contributed by atoms with E-state index in [-0.39, 0.29) is 18.0 Å². The van der Waals surface area contributed by atoms with Crippen LogP contribution in [-0.2, 0) is 11.3 Å². The predicted molar refractivity (Wildman–Crippen MR) is 108 cm³/mol. The van der Waals surface area contributed by atoms with Crippen molar-refractivity contribution in [3.8, 4) is 11.3 Å². The van der Waals surface area contributed by atoms with Gasteiger partial charge >= 0.3 is 0 Å². The van der Waals surface area contributed by atoms with E-state index >= 15 is 0 Å². The monoisotopic (exact) mass is 361 g/mol. The number of rotatable bonds is 5. The van der Waals surface area contributed by atoms with Crippen LogP contribution in [0.3, 0.4) is 0 Å². The fraction of sp³-hybridized carbons (Fsp3) is 0.227. The average Bonchev–Trinajstić information content (AvgIpc) is 2.64. The normalized spacial score (nSPS) is 10.8. The molecule has 0 aliphatic carbocycles. The summed E-state index contributed by atoms with van der Waals surface area (Å²) < 4.78 is 1.19. The molecule has 3 aromatic rings.